The van der Waals surface area contributed by atoms with Crippen molar-refractivity contribution in [1.82, 2.24) is 24.4 Å². The normalized spacial score (nSPS) is 11.3. The van der Waals surface area contributed by atoms with E-state index < -0.39 is 27.6 Å². The van der Waals surface area contributed by atoms with E-state index in [1.165, 1.54) is 60.0 Å². The van der Waals surface area contributed by atoms with Crippen LogP contribution in [0.3, 0.4) is 0 Å². The van der Waals surface area contributed by atoms with Gasteiger partial charge >= 0.3 is 11.8 Å². The van der Waals surface area contributed by atoms with Crippen molar-refractivity contribution in [3.8, 4) is 16.8 Å². The van der Waals surface area contributed by atoms with E-state index in [1.54, 1.807) is 12.1 Å². The van der Waals surface area contributed by atoms with E-state index in [2.05, 4.69) is 10.4 Å². The Morgan fingerprint density at radius 2 is 1.78 bits per heavy atom. The number of aryl methyl sites for hydroxylation is 1. The van der Waals surface area contributed by atoms with Crippen LogP contribution in [0.15, 0.2) is 70.4 Å². The van der Waals surface area contributed by atoms with Crippen LogP contribution >= 0.6 is 11.6 Å². The van der Waals surface area contributed by atoms with Crippen LogP contribution in [0.2, 0.25) is 5.02 Å². The molecule has 46 heavy (non-hydrogen) atoms. The highest BCUT2D eigenvalue weighted by molar-refractivity contribution is 7.90. The minimum Gasteiger partial charge on any atom is -0.449 e. The number of amides is 2. The minimum atomic E-state index is -4.33. The van der Waals surface area contributed by atoms with Crippen molar-refractivity contribution < 1.29 is 27.1 Å². The number of hydrogen-bond donors (Lipinski definition) is 2. The van der Waals surface area contributed by atoms with Crippen LogP contribution in [0.25, 0.3) is 16.8 Å². The molecule has 0 fully saturated rings. The molecule has 1 heterocycles. The van der Waals surface area contributed by atoms with Gasteiger partial charge in [0.1, 0.15) is 11.6 Å². The van der Waals surface area contributed by atoms with E-state index in [9.17, 15) is 22.8 Å². The van der Waals surface area contributed by atoms with E-state index in [0.29, 0.717) is 30.8 Å². The van der Waals surface area contributed by atoms with E-state index >= 15 is 4.39 Å². The number of hydrogen-bond acceptors (Lipinski definition) is 7. The first kappa shape index (κ1) is 34.4. The molecule has 0 aliphatic heterocycles. The molecule has 14 heteroatoms. The Kier molecular flexibility index (Phi) is 11.4. The second-order valence-corrected chi connectivity index (χ2v) is 12.4. The third kappa shape index (κ3) is 7.83. The van der Waals surface area contributed by atoms with Crippen molar-refractivity contribution in [1.29, 1.82) is 0 Å². The third-order valence-electron chi connectivity index (χ3n) is 7.03. The molecule has 2 amide bonds. The molecule has 0 aliphatic carbocycles. The van der Waals surface area contributed by atoms with Gasteiger partial charge in [0.25, 0.3) is 15.9 Å². The number of aromatic nitrogens is 3. The summed E-state index contributed by atoms with van der Waals surface area (Å²) >= 11 is 6.45. The van der Waals surface area contributed by atoms with Gasteiger partial charge in [0.2, 0.25) is 0 Å². The van der Waals surface area contributed by atoms with Gasteiger partial charge in [0, 0.05) is 29.7 Å². The zero-order valence-corrected chi connectivity index (χ0v) is 27.3. The fourth-order valence-corrected chi connectivity index (χ4v) is 6.06. The highest BCUT2D eigenvalue weighted by Crippen LogP contribution is 2.29. The van der Waals surface area contributed by atoms with Crippen LogP contribution in [-0.4, -0.2) is 47.9 Å². The molecule has 0 spiro atoms. The second kappa shape index (κ2) is 15.2. The van der Waals surface area contributed by atoms with Crippen molar-refractivity contribution in [3.05, 3.63) is 98.9 Å². The maximum atomic E-state index is 15.6. The van der Waals surface area contributed by atoms with Gasteiger partial charge in [-0.25, -0.2) is 27.1 Å². The number of halogens is 2. The molecule has 0 saturated carbocycles. The SMILES string of the molecule is CCCCNC(=O)c1ccc(Cl)c(-n2nc(CCC)n(Cc3ccc(-c4ccccc4S(=O)(=O)NC(=O)OCC)cc3F)c2=O)c1. The fraction of sp³-hybridized carbons (Fsp3) is 0.312. The standard InChI is InChI=1S/C32H35ClFN5O6S/c1-4-7-17-35-30(40)22-15-16-25(33)27(19-22)39-32(42)38(29(36-39)10-5-2)20-23-14-13-21(18-26(23)34)24-11-8-9-12-28(24)46(43,44)37-31(41)45-6-3/h8-9,11-16,18-19H,4-7,10,17,20H2,1-3H3,(H,35,40)(H,37,41). The molecular formula is C32H35ClFN5O6S. The number of benzene rings is 3. The predicted octanol–water partition coefficient (Wildman–Crippen LogP) is 5.46. The molecule has 0 aliphatic rings. The molecule has 2 N–H and O–H groups in total. The Balaban J connectivity index is 1.68. The Morgan fingerprint density at radius 3 is 2.48 bits per heavy atom. The number of carbonyl (C=O) groups excluding carboxylic acids is 2. The summed E-state index contributed by atoms with van der Waals surface area (Å²) in [6.45, 7) is 5.80. The summed E-state index contributed by atoms with van der Waals surface area (Å²) in [7, 11) is -4.33. The number of carbonyl (C=O) groups is 2. The van der Waals surface area contributed by atoms with E-state index in [0.717, 1.165) is 17.5 Å². The molecule has 3 aromatic carbocycles. The summed E-state index contributed by atoms with van der Waals surface area (Å²) in [4.78, 5) is 37.9. The average Bonchev–Trinajstić information content (AvgIpc) is 3.32. The van der Waals surface area contributed by atoms with Crippen LogP contribution in [0.1, 0.15) is 61.8 Å². The van der Waals surface area contributed by atoms with Crippen molar-refractivity contribution in [2.45, 2.75) is 57.9 Å². The van der Waals surface area contributed by atoms with Crippen molar-refractivity contribution >= 4 is 33.6 Å². The summed E-state index contributed by atoms with van der Waals surface area (Å²) in [5.74, 6) is -0.596. The monoisotopic (exact) mass is 671 g/mol. The Morgan fingerprint density at radius 1 is 1.02 bits per heavy atom. The predicted molar refractivity (Wildman–Crippen MR) is 172 cm³/mol. The quantitative estimate of drug-likeness (QED) is 0.180. The van der Waals surface area contributed by atoms with Crippen LogP contribution in [0.4, 0.5) is 9.18 Å². The van der Waals surface area contributed by atoms with E-state index in [-0.39, 0.29) is 51.4 Å². The lowest BCUT2D eigenvalue weighted by atomic mass is 10.0. The molecule has 0 atom stereocenters. The minimum absolute atomic E-state index is 0.0205. The highest BCUT2D eigenvalue weighted by atomic mass is 35.5. The molecule has 4 rings (SSSR count). The molecule has 4 aromatic rings. The van der Waals surface area contributed by atoms with Gasteiger partial charge in [-0.3, -0.25) is 9.36 Å². The molecule has 11 nitrogen and oxygen atoms in total. The van der Waals surface area contributed by atoms with Crippen molar-refractivity contribution in [2.24, 2.45) is 0 Å². The Labute approximate surface area is 271 Å². The third-order valence-corrected chi connectivity index (χ3v) is 8.72. The summed E-state index contributed by atoms with van der Waals surface area (Å²) < 4.78 is 50.5. The first-order valence-corrected chi connectivity index (χ1v) is 16.7. The van der Waals surface area contributed by atoms with Crippen LogP contribution in [0, 0.1) is 5.82 Å². The number of unbranched alkanes of at least 4 members (excludes halogenated alkanes) is 1. The number of nitrogens with zero attached hydrogens (tertiary/aromatic N) is 3. The summed E-state index contributed by atoms with van der Waals surface area (Å²) in [5, 5.41) is 7.54. The Hall–Kier alpha value is -4.49. The lowest BCUT2D eigenvalue weighted by Gasteiger charge is -2.13. The van der Waals surface area contributed by atoms with Gasteiger partial charge in [0.15, 0.2) is 0 Å². The lowest BCUT2D eigenvalue weighted by Crippen LogP contribution is -2.31. The van der Waals surface area contributed by atoms with Crippen molar-refractivity contribution in [2.75, 3.05) is 13.2 Å². The maximum absolute atomic E-state index is 15.6. The first-order chi connectivity index (χ1) is 22.0. The molecule has 0 radical (unpaired) electrons. The average molecular weight is 672 g/mol. The molecular weight excluding hydrogens is 637 g/mol. The maximum Gasteiger partial charge on any atom is 0.421 e. The largest absolute Gasteiger partial charge is 0.449 e. The lowest BCUT2D eigenvalue weighted by molar-refractivity contribution is 0.0953. The number of nitrogens with one attached hydrogen (secondary N) is 2. The zero-order valence-electron chi connectivity index (χ0n) is 25.7. The summed E-state index contributed by atoms with van der Waals surface area (Å²) in [6, 6.07) is 14.6. The topological polar surface area (TPSA) is 141 Å². The summed E-state index contributed by atoms with van der Waals surface area (Å²) in [6.07, 6.45) is 1.68. The van der Waals surface area contributed by atoms with Gasteiger partial charge in [-0.2, -0.15) is 4.68 Å². The summed E-state index contributed by atoms with van der Waals surface area (Å²) in [5.41, 5.74) is 0.520. The number of sulfonamides is 1. The number of rotatable bonds is 13. The first-order valence-electron chi connectivity index (χ1n) is 14.8. The molecule has 1 aromatic heterocycles. The smallest absolute Gasteiger partial charge is 0.421 e. The molecule has 0 bridgehead atoms. The van der Waals surface area contributed by atoms with Crippen LogP contribution in [0.5, 0.6) is 0 Å². The zero-order chi connectivity index (χ0) is 33.4. The van der Waals surface area contributed by atoms with E-state index in [1.807, 2.05) is 18.6 Å². The Bertz CT molecular complexity index is 1910. The fourth-order valence-electron chi connectivity index (χ4n) is 4.74. The molecule has 0 saturated heterocycles. The van der Waals surface area contributed by atoms with Crippen LogP contribution < -0.4 is 15.7 Å². The van der Waals surface area contributed by atoms with Gasteiger partial charge in [-0.15, -0.1) is 5.10 Å². The van der Waals surface area contributed by atoms with Gasteiger partial charge in [0.05, 0.1) is 28.8 Å². The number of ether oxygens (including phenoxy) is 1. The molecule has 244 valence electrons. The molecule has 0 unspecified atom stereocenters. The van der Waals surface area contributed by atoms with Crippen LogP contribution in [-0.2, 0) is 27.7 Å². The van der Waals surface area contributed by atoms with Crippen molar-refractivity contribution in [3.63, 3.8) is 0 Å². The highest BCUT2D eigenvalue weighted by Gasteiger charge is 2.24. The van der Waals surface area contributed by atoms with E-state index in [4.69, 9.17) is 16.3 Å². The second-order valence-electron chi connectivity index (χ2n) is 10.4. The van der Waals surface area contributed by atoms with Gasteiger partial charge in [-0.1, -0.05) is 62.2 Å². The van der Waals surface area contributed by atoms with Gasteiger partial charge < -0.3 is 10.1 Å². The van der Waals surface area contributed by atoms with Gasteiger partial charge in [-0.05, 0) is 55.7 Å².